The molecule has 1 saturated heterocycles. The number of rotatable bonds is 4. The third-order valence-corrected chi connectivity index (χ3v) is 5.46. The number of nitrogens with one attached hydrogen (secondary N) is 1. The first-order valence-corrected chi connectivity index (χ1v) is 10.3. The monoisotopic (exact) mass is 410 g/mol. The van der Waals surface area contributed by atoms with Gasteiger partial charge in [-0.3, -0.25) is 0 Å². The van der Waals surface area contributed by atoms with E-state index in [0.29, 0.717) is 23.3 Å². The lowest BCUT2D eigenvalue weighted by atomic mass is 10.0. The van der Waals surface area contributed by atoms with Crippen molar-refractivity contribution in [2.45, 2.75) is 38.6 Å². The van der Waals surface area contributed by atoms with Crippen LogP contribution in [-0.4, -0.2) is 27.6 Å². The number of urea groups is 1. The Bertz CT molecular complexity index is 969. The normalized spacial score (nSPS) is 16.6. The Morgan fingerprint density at radius 3 is 2.66 bits per heavy atom. The van der Waals surface area contributed by atoms with Gasteiger partial charge in [-0.25, -0.2) is 4.79 Å². The summed E-state index contributed by atoms with van der Waals surface area (Å²) < 4.78 is 5.53. The lowest BCUT2D eigenvalue weighted by Gasteiger charge is -2.33. The van der Waals surface area contributed by atoms with Crippen molar-refractivity contribution >= 4 is 23.3 Å². The quantitative estimate of drug-likeness (QED) is 0.597. The van der Waals surface area contributed by atoms with Crippen LogP contribution in [0.4, 0.5) is 10.5 Å². The number of carbonyl (C=O) groups excluding carboxylic acids is 1. The highest BCUT2D eigenvalue weighted by Crippen LogP contribution is 2.32. The lowest BCUT2D eigenvalue weighted by Crippen LogP contribution is -2.41. The van der Waals surface area contributed by atoms with Gasteiger partial charge >= 0.3 is 6.03 Å². The molecule has 3 aromatic rings. The highest BCUT2D eigenvalue weighted by atomic mass is 35.5. The Morgan fingerprint density at radius 2 is 1.93 bits per heavy atom. The maximum Gasteiger partial charge on any atom is 0.322 e. The van der Waals surface area contributed by atoms with Gasteiger partial charge in [-0.1, -0.05) is 35.8 Å². The summed E-state index contributed by atoms with van der Waals surface area (Å²) in [6.45, 7) is 2.76. The van der Waals surface area contributed by atoms with Crippen molar-refractivity contribution in [1.29, 1.82) is 0 Å². The van der Waals surface area contributed by atoms with Crippen molar-refractivity contribution < 1.29 is 9.32 Å². The minimum atomic E-state index is -0.229. The van der Waals surface area contributed by atoms with E-state index in [1.165, 1.54) is 5.56 Å². The fraction of sp³-hybridized carbons (Fsp3) is 0.318. The van der Waals surface area contributed by atoms with Crippen LogP contribution in [0.15, 0.2) is 53.1 Å². The average Bonchev–Trinajstić information content (AvgIpc) is 3.25. The molecule has 1 fully saturated rings. The SMILES string of the molecule is CCc1ccc(NC(=O)N2CCCC[C@H]2c2nc(-c3ccc(Cl)cc3)no2)cc1. The number of likely N-dealkylation sites (tertiary alicyclic amines) is 1. The van der Waals surface area contributed by atoms with Crippen LogP contribution in [0.2, 0.25) is 5.02 Å². The van der Waals surface area contributed by atoms with Crippen LogP contribution in [-0.2, 0) is 6.42 Å². The molecule has 0 radical (unpaired) electrons. The van der Waals surface area contributed by atoms with Gasteiger partial charge in [0, 0.05) is 22.8 Å². The maximum absolute atomic E-state index is 12.9. The topological polar surface area (TPSA) is 71.3 Å². The van der Waals surface area contributed by atoms with Gasteiger partial charge < -0.3 is 14.7 Å². The molecule has 1 atom stereocenters. The summed E-state index contributed by atoms with van der Waals surface area (Å²) in [6, 6.07) is 14.8. The van der Waals surface area contributed by atoms with Gasteiger partial charge in [-0.2, -0.15) is 4.98 Å². The number of piperidine rings is 1. The summed E-state index contributed by atoms with van der Waals surface area (Å²) in [5.74, 6) is 0.962. The van der Waals surface area contributed by atoms with Crippen molar-refractivity contribution in [2.24, 2.45) is 0 Å². The van der Waals surface area contributed by atoms with Crippen molar-refractivity contribution in [3.05, 3.63) is 65.0 Å². The molecule has 4 rings (SSSR count). The summed E-state index contributed by atoms with van der Waals surface area (Å²) in [6.07, 6.45) is 3.73. The number of hydrogen-bond acceptors (Lipinski definition) is 4. The van der Waals surface area contributed by atoms with Gasteiger partial charge in [0.2, 0.25) is 11.7 Å². The van der Waals surface area contributed by atoms with Crippen molar-refractivity contribution in [1.82, 2.24) is 15.0 Å². The number of aryl methyl sites for hydroxylation is 1. The fourth-order valence-corrected chi connectivity index (χ4v) is 3.66. The standard InChI is InChI=1S/C22H23ClN4O2/c1-2-15-6-12-18(13-7-15)24-22(28)27-14-4-3-5-19(27)21-25-20(26-29-21)16-8-10-17(23)11-9-16/h6-13,19H,2-5,14H2,1H3,(H,24,28)/t19-/m0/s1. The smallest absolute Gasteiger partial charge is 0.322 e. The van der Waals surface area contributed by atoms with Gasteiger partial charge in [-0.05, 0) is 67.6 Å². The van der Waals surface area contributed by atoms with E-state index < -0.39 is 0 Å². The zero-order valence-corrected chi connectivity index (χ0v) is 17.0. The van der Waals surface area contributed by atoms with E-state index in [-0.39, 0.29) is 12.1 Å². The molecule has 150 valence electrons. The van der Waals surface area contributed by atoms with Crippen LogP contribution in [0.3, 0.4) is 0 Å². The van der Waals surface area contributed by atoms with E-state index in [2.05, 4.69) is 22.4 Å². The highest BCUT2D eigenvalue weighted by molar-refractivity contribution is 6.30. The third kappa shape index (κ3) is 4.43. The van der Waals surface area contributed by atoms with Crippen LogP contribution in [0.1, 0.15) is 43.7 Å². The lowest BCUT2D eigenvalue weighted by molar-refractivity contribution is 0.142. The first kappa shape index (κ1) is 19.5. The number of hydrogen-bond donors (Lipinski definition) is 1. The van der Waals surface area contributed by atoms with Crippen molar-refractivity contribution in [3.63, 3.8) is 0 Å². The maximum atomic E-state index is 12.9. The zero-order valence-electron chi connectivity index (χ0n) is 16.3. The van der Waals surface area contributed by atoms with E-state index in [1.54, 1.807) is 17.0 Å². The molecule has 0 saturated carbocycles. The second-order valence-corrected chi connectivity index (χ2v) is 7.59. The van der Waals surface area contributed by atoms with Crippen molar-refractivity contribution in [3.8, 4) is 11.4 Å². The number of benzene rings is 2. The van der Waals surface area contributed by atoms with Gasteiger partial charge in [0.1, 0.15) is 6.04 Å². The summed E-state index contributed by atoms with van der Waals surface area (Å²) in [5, 5.41) is 7.74. The van der Waals surface area contributed by atoms with E-state index in [9.17, 15) is 4.79 Å². The second-order valence-electron chi connectivity index (χ2n) is 7.15. The molecule has 0 aliphatic carbocycles. The molecule has 1 N–H and O–H groups in total. The molecular weight excluding hydrogens is 388 g/mol. The number of anilines is 1. The summed E-state index contributed by atoms with van der Waals surface area (Å²) in [4.78, 5) is 19.3. The molecule has 6 nitrogen and oxygen atoms in total. The summed E-state index contributed by atoms with van der Waals surface area (Å²) >= 11 is 5.95. The fourth-order valence-electron chi connectivity index (χ4n) is 3.54. The molecule has 2 amide bonds. The minimum Gasteiger partial charge on any atom is -0.337 e. The molecule has 1 aliphatic rings. The van der Waals surface area contributed by atoms with Gasteiger partial charge in [0.05, 0.1) is 0 Å². The van der Waals surface area contributed by atoms with Crippen LogP contribution >= 0.6 is 11.6 Å². The number of halogens is 1. The minimum absolute atomic E-state index is 0.148. The molecule has 0 spiro atoms. The molecule has 2 heterocycles. The molecule has 0 bridgehead atoms. The average molecular weight is 411 g/mol. The molecule has 1 aromatic heterocycles. The number of aromatic nitrogens is 2. The zero-order chi connectivity index (χ0) is 20.2. The van der Waals surface area contributed by atoms with Crippen molar-refractivity contribution in [2.75, 3.05) is 11.9 Å². The van der Waals surface area contributed by atoms with E-state index in [4.69, 9.17) is 16.1 Å². The van der Waals surface area contributed by atoms with E-state index in [0.717, 1.165) is 36.9 Å². The van der Waals surface area contributed by atoms with Crippen LogP contribution in [0, 0.1) is 0 Å². The van der Waals surface area contributed by atoms with Crippen LogP contribution < -0.4 is 5.32 Å². The Labute approximate surface area is 174 Å². The molecular formula is C22H23ClN4O2. The summed E-state index contributed by atoms with van der Waals surface area (Å²) in [7, 11) is 0. The van der Waals surface area contributed by atoms with Crippen LogP contribution in [0.5, 0.6) is 0 Å². The van der Waals surface area contributed by atoms with Crippen LogP contribution in [0.25, 0.3) is 11.4 Å². The van der Waals surface area contributed by atoms with Gasteiger partial charge in [0.15, 0.2) is 0 Å². The van der Waals surface area contributed by atoms with Gasteiger partial charge in [-0.15, -0.1) is 0 Å². The Balaban J connectivity index is 1.51. The third-order valence-electron chi connectivity index (χ3n) is 5.21. The largest absolute Gasteiger partial charge is 0.337 e. The number of nitrogens with zero attached hydrogens (tertiary/aromatic N) is 3. The van der Waals surface area contributed by atoms with Gasteiger partial charge in [0.25, 0.3) is 0 Å². The molecule has 2 aromatic carbocycles. The Morgan fingerprint density at radius 1 is 1.17 bits per heavy atom. The predicted molar refractivity (Wildman–Crippen MR) is 113 cm³/mol. The van der Waals surface area contributed by atoms with E-state index >= 15 is 0 Å². The first-order chi connectivity index (χ1) is 14.1. The molecule has 0 unspecified atom stereocenters. The number of amides is 2. The Kier molecular flexibility index (Phi) is 5.81. The second kappa shape index (κ2) is 8.66. The summed E-state index contributed by atoms with van der Waals surface area (Å²) in [5.41, 5.74) is 2.84. The number of carbonyl (C=O) groups is 1. The van der Waals surface area contributed by atoms with E-state index in [1.807, 2.05) is 36.4 Å². The Hall–Kier alpha value is -2.86. The molecule has 29 heavy (non-hydrogen) atoms. The highest BCUT2D eigenvalue weighted by Gasteiger charge is 2.32. The predicted octanol–water partition coefficient (Wildman–Crippen LogP) is 5.71. The molecule has 7 heteroatoms. The molecule has 1 aliphatic heterocycles. The first-order valence-electron chi connectivity index (χ1n) is 9.90.